The second-order valence-electron chi connectivity index (χ2n) is 5.64. The molecule has 5 nitrogen and oxygen atoms in total. The van der Waals surface area contributed by atoms with Crippen LogP contribution in [0.15, 0.2) is 53.0 Å². The number of hydrogen-bond donors (Lipinski definition) is 0. The predicted molar refractivity (Wildman–Crippen MR) is 94.7 cm³/mol. The lowest BCUT2D eigenvalue weighted by molar-refractivity contribution is -0.384. The number of nitro groups is 1. The first kappa shape index (κ1) is 16.0. The van der Waals surface area contributed by atoms with Gasteiger partial charge in [0.2, 0.25) is 0 Å². The quantitative estimate of drug-likeness (QED) is 0.604. The number of halogens is 1. The second kappa shape index (κ2) is 7.10. The van der Waals surface area contributed by atoms with Gasteiger partial charge in [-0.15, -0.1) is 0 Å². The summed E-state index contributed by atoms with van der Waals surface area (Å²) in [7, 11) is 0. The lowest BCUT2D eigenvalue weighted by Crippen LogP contribution is -2.46. The molecule has 0 N–H and O–H groups in total. The molecule has 0 aliphatic carbocycles. The van der Waals surface area contributed by atoms with Gasteiger partial charge in [-0.25, -0.2) is 0 Å². The summed E-state index contributed by atoms with van der Waals surface area (Å²) in [5, 5.41) is 10.8. The van der Waals surface area contributed by atoms with Crippen molar-refractivity contribution >= 4 is 27.3 Å². The van der Waals surface area contributed by atoms with Crippen LogP contribution in [0.25, 0.3) is 0 Å². The van der Waals surface area contributed by atoms with E-state index >= 15 is 0 Å². The Kier molecular flexibility index (Phi) is 4.93. The third kappa shape index (κ3) is 3.89. The van der Waals surface area contributed by atoms with Gasteiger partial charge in [0.15, 0.2) is 0 Å². The topological polar surface area (TPSA) is 49.6 Å². The zero-order valence-corrected chi connectivity index (χ0v) is 14.3. The van der Waals surface area contributed by atoms with Crippen molar-refractivity contribution in [2.45, 2.75) is 6.54 Å². The highest BCUT2D eigenvalue weighted by molar-refractivity contribution is 9.10. The summed E-state index contributed by atoms with van der Waals surface area (Å²) in [4.78, 5) is 15.2. The molecule has 3 rings (SSSR count). The number of benzene rings is 2. The minimum atomic E-state index is -0.369. The lowest BCUT2D eigenvalue weighted by Gasteiger charge is -2.36. The summed E-state index contributed by atoms with van der Waals surface area (Å²) in [5.74, 6) is 0. The van der Waals surface area contributed by atoms with Gasteiger partial charge >= 0.3 is 0 Å². The Bertz CT molecular complexity index is 685. The molecule has 1 aliphatic heterocycles. The summed E-state index contributed by atoms with van der Waals surface area (Å²) < 4.78 is 0.781. The molecule has 1 heterocycles. The maximum Gasteiger partial charge on any atom is 0.270 e. The first-order valence-corrected chi connectivity index (χ1v) is 8.38. The molecule has 1 saturated heterocycles. The van der Waals surface area contributed by atoms with Gasteiger partial charge in [0.1, 0.15) is 0 Å². The second-order valence-corrected chi connectivity index (χ2v) is 6.50. The lowest BCUT2D eigenvalue weighted by atomic mass is 10.2. The molecule has 6 heteroatoms. The van der Waals surface area contributed by atoms with Crippen LogP contribution in [-0.2, 0) is 6.54 Å². The molecule has 0 spiro atoms. The predicted octanol–water partition coefficient (Wildman–Crippen LogP) is 3.68. The molecule has 0 atom stereocenters. The Hall–Kier alpha value is -1.92. The third-order valence-corrected chi connectivity index (χ3v) is 4.74. The van der Waals surface area contributed by atoms with Crippen molar-refractivity contribution in [3.05, 3.63) is 68.7 Å². The van der Waals surface area contributed by atoms with Crippen LogP contribution in [0.2, 0.25) is 0 Å². The van der Waals surface area contributed by atoms with Crippen molar-refractivity contribution in [3.8, 4) is 0 Å². The summed E-state index contributed by atoms with van der Waals surface area (Å²) in [5.41, 5.74) is 2.47. The summed E-state index contributed by atoms with van der Waals surface area (Å²) in [6.45, 7) is 4.78. The average molecular weight is 376 g/mol. The van der Waals surface area contributed by atoms with Crippen LogP contribution < -0.4 is 4.90 Å². The average Bonchev–Trinajstić information content (AvgIpc) is 2.56. The summed E-state index contributed by atoms with van der Waals surface area (Å²) >= 11 is 3.46. The van der Waals surface area contributed by atoms with Gasteiger partial charge in [0.25, 0.3) is 5.69 Å². The van der Waals surface area contributed by atoms with Crippen LogP contribution in [0.1, 0.15) is 5.56 Å². The molecule has 0 saturated carbocycles. The summed E-state index contributed by atoms with van der Waals surface area (Å²) in [6.07, 6.45) is 0. The van der Waals surface area contributed by atoms with Crippen LogP contribution in [0.3, 0.4) is 0 Å². The van der Waals surface area contributed by atoms with Crippen LogP contribution in [0.5, 0.6) is 0 Å². The van der Waals surface area contributed by atoms with E-state index in [1.807, 2.05) is 12.1 Å². The molecule has 0 unspecified atom stereocenters. The zero-order valence-electron chi connectivity index (χ0n) is 12.7. The normalized spacial score (nSPS) is 15.6. The van der Waals surface area contributed by atoms with Crippen molar-refractivity contribution in [3.63, 3.8) is 0 Å². The molecule has 23 heavy (non-hydrogen) atoms. The third-order valence-electron chi connectivity index (χ3n) is 4.10. The van der Waals surface area contributed by atoms with Crippen molar-refractivity contribution in [2.24, 2.45) is 0 Å². The fraction of sp³-hybridized carbons (Fsp3) is 0.294. The van der Waals surface area contributed by atoms with Gasteiger partial charge in [0.05, 0.1) is 10.6 Å². The molecule has 0 radical (unpaired) electrons. The number of piperazine rings is 1. The van der Waals surface area contributed by atoms with Crippen molar-refractivity contribution in [2.75, 3.05) is 31.1 Å². The number of non-ortho nitro benzene ring substituents is 1. The van der Waals surface area contributed by atoms with E-state index in [-0.39, 0.29) is 10.6 Å². The van der Waals surface area contributed by atoms with Gasteiger partial charge < -0.3 is 4.90 Å². The molecule has 2 aromatic rings. The maximum atomic E-state index is 10.8. The van der Waals surface area contributed by atoms with Gasteiger partial charge in [-0.2, -0.15) is 0 Å². The maximum absolute atomic E-state index is 10.8. The Morgan fingerprint density at radius 1 is 1.04 bits per heavy atom. The van der Waals surface area contributed by atoms with Gasteiger partial charge in [0, 0.05) is 49.3 Å². The first-order valence-electron chi connectivity index (χ1n) is 7.58. The molecule has 1 aliphatic rings. The van der Waals surface area contributed by atoms with Crippen molar-refractivity contribution in [1.29, 1.82) is 0 Å². The highest BCUT2D eigenvalue weighted by atomic mass is 79.9. The Labute approximate surface area is 143 Å². The molecule has 1 fully saturated rings. The van der Waals surface area contributed by atoms with E-state index < -0.39 is 0 Å². The van der Waals surface area contributed by atoms with Crippen LogP contribution in [0.4, 0.5) is 11.4 Å². The Morgan fingerprint density at radius 3 is 2.35 bits per heavy atom. The van der Waals surface area contributed by atoms with E-state index in [0.717, 1.165) is 42.9 Å². The van der Waals surface area contributed by atoms with Gasteiger partial charge in [-0.05, 0) is 27.6 Å². The fourth-order valence-electron chi connectivity index (χ4n) is 2.85. The first-order chi connectivity index (χ1) is 11.1. The molecular weight excluding hydrogens is 358 g/mol. The Morgan fingerprint density at radius 2 is 1.74 bits per heavy atom. The van der Waals surface area contributed by atoms with Crippen LogP contribution in [-0.4, -0.2) is 36.0 Å². The minimum absolute atomic E-state index is 0.114. The van der Waals surface area contributed by atoms with E-state index in [1.54, 1.807) is 12.1 Å². The van der Waals surface area contributed by atoms with Crippen LogP contribution >= 0.6 is 15.9 Å². The molecule has 0 amide bonds. The molecule has 2 aromatic carbocycles. The molecule has 0 bridgehead atoms. The van der Waals surface area contributed by atoms with Crippen molar-refractivity contribution < 1.29 is 4.92 Å². The minimum Gasteiger partial charge on any atom is -0.368 e. The molecule has 120 valence electrons. The zero-order chi connectivity index (χ0) is 16.2. The Balaban J connectivity index is 1.62. The smallest absolute Gasteiger partial charge is 0.270 e. The van der Waals surface area contributed by atoms with E-state index in [9.17, 15) is 10.1 Å². The largest absolute Gasteiger partial charge is 0.368 e. The summed E-state index contributed by atoms with van der Waals surface area (Å²) in [6, 6.07) is 15.4. The fourth-order valence-corrected chi connectivity index (χ4v) is 3.47. The number of rotatable bonds is 4. The number of nitrogens with zero attached hydrogens (tertiary/aromatic N) is 3. The highest BCUT2D eigenvalue weighted by Crippen LogP contribution is 2.30. The van der Waals surface area contributed by atoms with E-state index in [0.29, 0.717) is 0 Å². The van der Waals surface area contributed by atoms with E-state index in [1.165, 1.54) is 5.56 Å². The monoisotopic (exact) mass is 375 g/mol. The number of hydrogen-bond acceptors (Lipinski definition) is 4. The number of nitro benzene ring substituents is 1. The van der Waals surface area contributed by atoms with Crippen LogP contribution in [0, 0.1) is 10.1 Å². The molecule has 0 aromatic heterocycles. The van der Waals surface area contributed by atoms with Crippen molar-refractivity contribution in [1.82, 2.24) is 4.90 Å². The highest BCUT2D eigenvalue weighted by Gasteiger charge is 2.20. The molecular formula is C17H18BrN3O2. The van der Waals surface area contributed by atoms with Gasteiger partial charge in [-0.3, -0.25) is 15.0 Å². The SMILES string of the molecule is O=[N+]([O-])c1ccc(N2CCN(Cc3ccccc3)CC2)c(Br)c1. The van der Waals surface area contributed by atoms with Gasteiger partial charge in [-0.1, -0.05) is 30.3 Å². The standard InChI is InChI=1S/C17H18BrN3O2/c18-16-12-15(21(22)23)6-7-17(16)20-10-8-19(9-11-20)13-14-4-2-1-3-5-14/h1-7,12H,8-11,13H2. The van der Waals surface area contributed by atoms with E-state index in [4.69, 9.17) is 0 Å². The van der Waals surface area contributed by atoms with E-state index in [2.05, 4.69) is 50.0 Å². The number of anilines is 1.